The van der Waals surface area contributed by atoms with Crippen LogP contribution in [0.1, 0.15) is 33.6 Å². The fourth-order valence-corrected chi connectivity index (χ4v) is 5.38. The zero-order valence-corrected chi connectivity index (χ0v) is 24.8. The minimum atomic E-state index is -1.20. The van der Waals surface area contributed by atoms with Crippen molar-refractivity contribution in [1.29, 1.82) is 0 Å². The molecule has 0 saturated carbocycles. The highest BCUT2D eigenvalue weighted by atomic mass is 32.2. The van der Waals surface area contributed by atoms with Crippen molar-refractivity contribution < 1.29 is 34.2 Å². The number of Topliss-reactive ketones (excluding diaryl/α,β-unsaturated/α-hetero) is 2. The molecule has 42 heavy (non-hydrogen) atoms. The van der Waals surface area contributed by atoms with Crippen LogP contribution in [-0.2, 0) is 24.0 Å². The largest absolute Gasteiger partial charge is 0.504 e. The minimum Gasteiger partial charge on any atom is -0.504 e. The van der Waals surface area contributed by atoms with Crippen molar-refractivity contribution in [3.05, 3.63) is 96.4 Å². The lowest BCUT2D eigenvalue weighted by Crippen LogP contribution is -2.41. The van der Waals surface area contributed by atoms with E-state index in [0.717, 1.165) is 0 Å². The number of amides is 2. The standard InChI is InChI=1S/C32H38N2O7S/c1-22-14-10-6-4-5-7-11-15-24(42-21-25(31(40)41)34-23(2)35)18-26(36)29-30(39)27(37)19-32(29,3)17-13-9-8-12-16-28(38)33-20-22/h4-17,22,24-25,39H,18-21H2,1-3H3,(H,33,38)(H,34,35)(H,40,41). The second-order valence-corrected chi connectivity index (χ2v) is 11.5. The lowest BCUT2D eigenvalue weighted by Gasteiger charge is -2.23. The van der Waals surface area contributed by atoms with Crippen LogP contribution in [0.25, 0.3) is 0 Å². The number of ketones is 2. The summed E-state index contributed by atoms with van der Waals surface area (Å²) in [5.41, 5.74) is -1.05. The second kappa shape index (κ2) is 16.9. The molecule has 0 radical (unpaired) electrons. The van der Waals surface area contributed by atoms with E-state index in [1.54, 1.807) is 61.6 Å². The molecule has 0 saturated heterocycles. The highest BCUT2D eigenvalue weighted by molar-refractivity contribution is 8.00. The predicted molar refractivity (Wildman–Crippen MR) is 165 cm³/mol. The predicted octanol–water partition coefficient (Wildman–Crippen LogP) is 4.09. The third-order valence-electron chi connectivity index (χ3n) is 6.38. The SMILES string of the molecule is CC(=O)NC(CSC1C=CC=CC=CC=CC(C)CNC(=O)C=CC=CC=CC2(C)CC(=O)C(O)=C2C(=O)C1)C(=O)O. The van der Waals surface area contributed by atoms with E-state index in [4.69, 9.17) is 0 Å². The van der Waals surface area contributed by atoms with Gasteiger partial charge < -0.3 is 20.8 Å². The van der Waals surface area contributed by atoms with Crippen LogP contribution in [-0.4, -0.2) is 63.2 Å². The number of hydrogen-bond acceptors (Lipinski definition) is 7. The van der Waals surface area contributed by atoms with Crippen molar-refractivity contribution in [3.8, 4) is 0 Å². The van der Waals surface area contributed by atoms with Crippen molar-refractivity contribution in [2.75, 3.05) is 12.3 Å². The summed E-state index contributed by atoms with van der Waals surface area (Å²) in [4.78, 5) is 61.1. The molecule has 4 N–H and O–H groups in total. The van der Waals surface area contributed by atoms with Crippen molar-refractivity contribution in [3.63, 3.8) is 0 Å². The number of carbonyl (C=O) groups is 5. The van der Waals surface area contributed by atoms with Crippen LogP contribution >= 0.6 is 11.8 Å². The summed E-state index contributed by atoms with van der Waals surface area (Å²) in [6, 6.07) is -1.15. The van der Waals surface area contributed by atoms with Crippen LogP contribution in [0.15, 0.2) is 96.4 Å². The van der Waals surface area contributed by atoms with Gasteiger partial charge in [0.05, 0.1) is 5.57 Å². The molecule has 0 aromatic heterocycles. The maximum Gasteiger partial charge on any atom is 0.327 e. The van der Waals surface area contributed by atoms with E-state index in [1.807, 2.05) is 31.2 Å². The molecule has 10 heteroatoms. The topological polar surface area (TPSA) is 150 Å². The Bertz CT molecular complexity index is 1290. The molecule has 224 valence electrons. The smallest absolute Gasteiger partial charge is 0.327 e. The molecule has 2 rings (SSSR count). The number of rotatable bonds is 5. The molecule has 1 aliphatic heterocycles. The van der Waals surface area contributed by atoms with E-state index in [2.05, 4.69) is 10.6 Å². The quantitative estimate of drug-likeness (QED) is 0.372. The zero-order valence-electron chi connectivity index (χ0n) is 24.0. The van der Waals surface area contributed by atoms with Gasteiger partial charge >= 0.3 is 5.97 Å². The summed E-state index contributed by atoms with van der Waals surface area (Å²) >= 11 is 1.17. The molecule has 4 unspecified atom stereocenters. The summed E-state index contributed by atoms with van der Waals surface area (Å²) in [7, 11) is 0. The lowest BCUT2D eigenvalue weighted by molar-refractivity contribution is -0.140. The van der Waals surface area contributed by atoms with Crippen LogP contribution in [0.4, 0.5) is 0 Å². The first kappa shape index (κ1) is 34.0. The van der Waals surface area contributed by atoms with E-state index < -0.39 is 45.9 Å². The molecule has 2 aliphatic rings. The summed E-state index contributed by atoms with van der Waals surface area (Å²) in [5, 5.41) is 24.8. The molecule has 2 amide bonds. The summed E-state index contributed by atoms with van der Waals surface area (Å²) in [6.45, 7) is 5.37. The number of hydrogen-bond donors (Lipinski definition) is 4. The van der Waals surface area contributed by atoms with E-state index in [-0.39, 0.29) is 36.0 Å². The van der Waals surface area contributed by atoms with Crippen LogP contribution in [0, 0.1) is 11.3 Å². The van der Waals surface area contributed by atoms with Crippen LogP contribution < -0.4 is 10.6 Å². The average Bonchev–Trinajstić information content (AvgIpc) is 3.14. The fraction of sp³-hybridized carbons (Fsp3) is 0.344. The van der Waals surface area contributed by atoms with E-state index in [1.165, 1.54) is 24.8 Å². The Labute approximate surface area is 250 Å². The van der Waals surface area contributed by atoms with Crippen molar-refractivity contribution in [2.24, 2.45) is 11.3 Å². The number of aliphatic hydroxyl groups is 1. The molecular weight excluding hydrogens is 556 g/mol. The Morgan fingerprint density at radius 2 is 1.62 bits per heavy atom. The van der Waals surface area contributed by atoms with Gasteiger partial charge in [0.2, 0.25) is 11.8 Å². The summed E-state index contributed by atoms with van der Waals surface area (Å²) < 4.78 is 0. The van der Waals surface area contributed by atoms with Gasteiger partial charge in [-0.1, -0.05) is 92.8 Å². The highest BCUT2D eigenvalue weighted by Gasteiger charge is 2.44. The molecule has 4 atom stereocenters. The first-order valence-electron chi connectivity index (χ1n) is 13.5. The highest BCUT2D eigenvalue weighted by Crippen LogP contribution is 2.43. The molecule has 0 spiro atoms. The van der Waals surface area contributed by atoms with Crippen molar-refractivity contribution >= 4 is 41.1 Å². The third-order valence-corrected chi connectivity index (χ3v) is 7.66. The number of fused-ring (bicyclic) bond motifs is 1. The van der Waals surface area contributed by atoms with Gasteiger partial charge in [0.15, 0.2) is 17.3 Å². The molecule has 0 aromatic carbocycles. The number of aliphatic hydroxyl groups excluding tert-OH is 1. The van der Waals surface area contributed by atoms with Gasteiger partial charge in [-0.25, -0.2) is 4.79 Å². The van der Waals surface area contributed by atoms with Gasteiger partial charge in [0.1, 0.15) is 6.04 Å². The third kappa shape index (κ3) is 11.4. The number of nitrogens with one attached hydrogen (secondary N) is 2. The lowest BCUT2D eigenvalue weighted by atomic mass is 9.80. The van der Waals surface area contributed by atoms with Crippen LogP contribution in [0.5, 0.6) is 0 Å². The first-order valence-corrected chi connectivity index (χ1v) is 14.6. The summed E-state index contributed by atoms with van der Waals surface area (Å²) in [6.07, 6.45) is 23.9. The number of aliphatic carboxylic acids is 1. The Morgan fingerprint density at radius 1 is 1.00 bits per heavy atom. The molecule has 0 aromatic rings. The molecular formula is C32H38N2O7S. The monoisotopic (exact) mass is 594 g/mol. The molecule has 0 bridgehead atoms. The van der Waals surface area contributed by atoms with Gasteiger partial charge in [-0.2, -0.15) is 11.8 Å². The van der Waals surface area contributed by atoms with E-state index >= 15 is 0 Å². The number of allylic oxidation sites excluding steroid dienone is 13. The van der Waals surface area contributed by atoms with Gasteiger partial charge in [-0.3, -0.25) is 19.2 Å². The molecule has 9 nitrogen and oxygen atoms in total. The second-order valence-electron chi connectivity index (χ2n) is 10.2. The maximum absolute atomic E-state index is 13.5. The summed E-state index contributed by atoms with van der Waals surface area (Å²) in [5.74, 6) is -3.35. The zero-order chi connectivity index (χ0) is 31.1. The van der Waals surface area contributed by atoms with Gasteiger partial charge in [0.25, 0.3) is 0 Å². The number of carboxylic acid groups (broad SMARTS) is 1. The molecule has 1 heterocycles. The van der Waals surface area contributed by atoms with E-state index in [9.17, 15) is 34.2 Å². The fourth-order valence-electron chi connectivity index (χ4n) is 4.24. The Balaban J connectivity index is 2.39. The van der Waals surface area contributed by atoms with E-state index in [0.29, 0.717) is 6.54 Å². The Kier molecular flexibility index (Phi) is 13.7. The Hall–Kier alpha value is -4.18. The van der Waals surface area contributed by atoms with Gasteiger partial charge in [-0.15, -0.1) is 0 Å². The normalized spacial score (nSPS) is 24.9. The molecule has 1 aliphatic carbocycles. The minimum absolute atomic E-state index is 0.000453. The first-order chi connectivity index (χ1) is 19.9. The maximum atomic E-state index is 13.5. The molecule has 0 fully saturated rings. The van der Waals surface area contributed by atoms with Crippen molar-refractivity contribution in [2.45, 2.75) is 44.9 Å². The Morgan fingerprint density at radius 3 is 2.29 bits per heavy atom. The van der Waals surface area contributed by atoms with Crippen LogP contribution in [0.3, 0.4) is 0 Å². The van der Waals surface area contributed by atoms with Gasteiger partial charge in [0, 0.05) is 48.8 Å². The average molecular weight is 595 g/mol. The number of carbonyl (C=O) groups excluding carboxylic acids is 4. The van der Waals surface area contributed by atoms with Crippen LogP contribution in [0.2, 0.25) is 0 Å². The number of carboxylic acids is 1. The number of thioether (sulfide) groups is 1. The van der Waals surface area contributed by atoms with Crippen molar-refractivity contribution in [1.82, 2.24) is 10.6 Å². The van der Waals surface area contributed by atoms with Gasteiger partial charge in [-0.05, 0) is 5.92 Å².